The molecule has 0 bridgehead atoms. The molecule has 0 radical (unpaired) electrons. The van der Waals surface area contributed by atoms with E-state index in [-0.39, 0.29) is 5.60 Å². The van der Waals surface area contributed by atoms with Crippen LogP contribution >= 0.6 is 0 Å². The Bertz CT molecular complexity index is 503. The fourth-order valence-electron chi connectivity index (χ4n) is 3.54. The Morgan fingerprint density at radius 1 is 1.23 bits per heavy atom. The zero-order chi connectivity index (χ0) is 16.3. The number of ether oxygens (including phenoxy) is 1. The predicted molar refractivity (Wildman–Crippen MR) is 94.7 cm³/mol. The molecule has 2 nitrogen and oxygen atoms in total. The summed E-state index contributed by atoms with van der Waals surface area (Å²) in [5, 5.41) is 3.81. The van der Waals surface area contributed by atoms with Crippen molar-refractivity contribution in [2.75, 3.05) is 6.54 Å². The zero-order valence-electron chi connectivity index (χ0n) is 15.3. The van der Waals surface area contributed by atoms with Crippen LogP contribution in [0.5, 0.6) is 5.75 Å². The summed E-state index contributed by atoms with van der Waals surface area (Å²) in [5.74, 6) is 1.87. The van der Waals surface area contributed by atoms with Crippen LogP contribution in [0.1, 0.15) is 76.1 Å². The lowest BCUT2D eigenvalue weighted by atomic mass is 9.82. The second-order valence-corrected chi connectivity index (χ2v) is 7.39. The van der Waals surface area contributed by atoms with Gasteiger partial charge in [0.2, 0.25) is 0 Å². The predicted octanol–water partition coefficient (Wildman–Crippen LogP) is 5.32. The number of hydrogen-bond acceptors (Lipinski definition) is 2. The van der Waals surface area contributed by atoms with Crippen LogP contribution in [-0.2, 0) is 0 Å². The van der Waals surface area contributed by atoms with E-state index in [1.807, 2.05) is 0 Å². The molecular weight excluding hydrogens is 270 g/mol. The SMILES string of the molecule is CCC1(CC)CC(NCCC(C)C)c2cc(C)cc(C)c2O1. The first-order valence-electron chi connectivity index (χ1n) is 8.94. The largest absolute Gasteiger partial charge is 0.487 e. The van der Waals surface area contributed by atoms with Gasteiger partial charge in [0.1, 0.15) is 11.4 Å². The highest BCUT2D eigenvalue weighted by Crippen LogP contribution is 2.44. The van der Waals surface area contributed by atoms with Gasteiger partial charge in [0.05, 0.1) is 0 Å². The van der Waals surface area contributed by atoms with Gasteiger partial charge in [-0.05, 0) is 51.1 Å². The maximum absolute atomic E-state index is 6.52. The number of aryl methyl sites for hydroxylation is 2. The molecule has 0 amide bonds. The number of nitrogens with one attached hydrogen (secondary N) is 1. The number of benzene rings is 1. The minimum atomic E-state index is -0.0114. The van der Waals surface area contributed by atoms with E-state index in [0.717, 1.165) is 37.5 Å². The summed E-state index contributed by atoms with van der Waals surface area (Å²) < 4.78 is 6.52. The van der Waals surface area contributed by atoms with E-state index in [0.29, 0.717) is 6.04 Å². The van der Waals surface area contributed by atoms with Crippen molar-refractivity contribution in [1.29, 1.82) is 0 Å². The average Bonchev–Trinajstić information content (AvgIpc) is 2.47. The van der Waals surface area contributed by atoms with Crippen LogP contribution in [0.3, 0.4) is 0 Å². The van der Waals surface area contributed by atoms with Crippen molar-refractivity contribution in [1.82, 2.24) is 5.32 Å². The van der Waals surface area contributed by atoms with Crippen LogP contribution in [0.2, 0.25) is 0 Å². The van der Waals surface area contributed by atoms with Crippen LogP contribution in [-0.4, -0.2) is 12.1 Å². The van der Waals surface area contributed by atoms with Gasteiger partial charge in [-0.3, -0.25) is 0 Å². The Morgan fingerprint density at radius 3 is 2.50 bits per heavy atom. The maximum Gasteiger partial charge on any atom is 0.127 e. The van der Waals surface area contributed by atoms with Gasteiger partial charge >= 0.3 is 0 Å². The van der Waals surface area contributed by atoms with Gasteiger partial charge in [0, 0.05) is 18.0 Å². The summed E-state index contributed by atoms with van der Waals surface area (Å²) in [7, 11) is 0. The van der Waals surface area contributed by atoms with Gasteiger partial charge < -0.3 is 10.1 Å². The Morgan fingerprint density at radius 2 is 1.91 bits per heavy atom. The number of rotatable bonds is 6. The molecule has 0 fully saturated rings. The van der Waals surface area contributed by atoms with Crippen molar-refractivity contribution < 1.29 is 4.74 Å². The topological polar surface area (TPSA) is 21.3 Å². The molecule has 1 aromatic rings. The third kappa shape index (κ3) is 3.65. The van der Waals surface area contributed by atoms with Gasteiger partial charge in [-0.1, -0.05) is 45.4 Å². The first-order chi connectivity index (χ1) is 10.4. The minimum Gasteiger partial charge on any atom is -0.487 e. The van der Waals surface area contributed by atoms with Crippen molar-refractivity contribution >= 4 is 0 Å². The molecule has 1 aliphatic rings. The van der Waals surface area contributed by atoms with E-state index in [2.05, 4.69) is 59.0 Å². The fraction of sp³-hybridized carbons (Fsp3) is 0.700. The van der Waals surface area contributed by atoms with Crippen LogP contribution < -0.4 is 10.1 Å². The number of hydrogen-bond donors (Lipinski definition) is 1. The van der Waals surface area contributed by atoms with Gasteiger partial charge in [-0.15, -0.1) is 0 Å². The van der Waals surface area contributed by atoms with Gasteiger partial charge in [0.25, 0.3) is 0 Å². The Hall–Kier alpha value is -1.02. The standard InChI is InChI=1S/C20H33NO/c1-7-20(8-2)13-18(21-10-9-14(3)4)17-12-15(5)11-16(6)19(17)22-20/h11-12,14,18,21H,7-10,13H2,1-6H3. The van der Waals surface area contributed by atoms with Crippen molar-refractivity contribution in [3.63, 3.8) is 0 Å². The molecule has 0 saturated carbocycles. The monoisotopic (exact) mass is 303 g/mol. The molecule has 1 heterocycles. The highest BCUT2D eigenvalue weighted by Gasteiger charge is 2.38. The van der Waals surface area contributed by atoms with E-state index in [9.17, 15) is 0 Å². The van der Waals surface area contributed by atoms with Crippen molar-refractivity contribution in [2.45, 2.75) is 78.9 Å². The summed E-state index contributed by atoms with van der Waals surface area (Å²) in [6, 6.07) is 4.97. The zero-order valence-corrected chi connectivity index (χ0v) is 15.3. The van der Waals surface area contributed by atoms with Crippen LogP contribution in [0.25, 0.3) is 0 Å². The maximum atomic E-state index is 6.52. The summed E-state index contributed by atoms with van der Waals surface area (Å²) in [4.78, 5) is 0. The molecule has 0 aromatic heterocycles. The summed E-state index contributed by atoms with van der Waals surface area (Å²) >= 11 is 0. The van der Waals surface area contributed by atoms with Crippen LogP contribution in [0, 0.1) is 19.8 Å². The lowest BCUT2D eigenvalue weighted by Gasteiger charge is -2.42. The third-order valence-corrected chi connectivity index (χ3v) is 5.12. The second kappa shape index (κ2) is 7.04. The van der Waals surface area contributed by atoms with Crippen molar-refractivity contribution in [3.05, 3.63) is 28.8 Å². The molecule has 0 saturated heterocycles. The fourth-order valence-corrected chi connectivity index (χ4v) is 3.54. The van der Waals surface area contributed by atoms with Crippen molar-refractivity contribution in [3.8, 4) is 5.75 Å². The Balaban J connectivity index is 2.31. The smallest absolute Gasteiger partial charge is 0.127 e. The third-order valence-electron chi connectivity index (χ3n) is 5.12. The van der Waals surface area contributed by atoms with Crippen molar-refractivity contribution in [2.24, 2.45) is 5.92 Å². The quantitative estimate of drug-likeness (QED) is 0.767. The minimum absolute atomic E-state index is 0.0114. The molecule has 124 valence electrons. The molecule has 0 spiro atoms. The number of fused-ring (bicyclic) bond motifs is 1. The lowest BCUT2D eigenvalue weighted by Crippen LogP contribution is -2.44. The Kier molecular flexibility index (Phi) is 5.55. The molecule has 1 atom stereocenters. The molecule has 0 aliphatic carbocycles. The highest BCUT2D eigenvalue weighted by molar-refractivity contribution is 5.47. The first kappa shape index (κ1) is 17.3. The summed E-state index contributed by atoms with van der Waals surface area (Å²) in [6.45, 7) is 14.5. The molecule has 22 heavy (non-hydrogen) atoms. The lowest BCUT2D eigenvalue weighted by molar-refractivity contribution is 0.0219. The normalized spacial score (nSPS) is 19.9. The summed E-state index contributed by atoms with van der Waals surface area (Å²) in [5.41, 5.74) is 3.95. The van der Waals surface area contributed by atoms with Gasteiger partial charge in [-0.2, -0.15) is 0 Å². The van der Waals surface area contributed by atoms with Crippen LogP contribution in [0.15, 0.2) is 12.1 Å². The van der Waals surface area contributed by atoms with E-state index in [4.69, 9.17) is 4.74 Å². The van der Waals surface area contributed by atoms with E-state index in [1.165, 1.54) is 23.1 Å². The van der Waals surface area contributed by atoms with Gasteiger partial charge in [0.15, 0.2) is 0 Å². The second-order valence-electron chi connectivity index (χ2n) is 7.39. The average molecular weight is 303 g/mol. The van der Waals surface area contributed by atoms with E-state index < -0.39 is 0 Å². The molecular formula is C20H33NO. The van der Waals surface area contributed by atoms with E-state index >= 15 is 0 Å². The van der Waals surface area contributed by atoms with E-state index in [1.54, 1.807) is 0 Å². The Labute approximate surface area is 136 Å². The van der Waals surface area contributed by atoms with Crippen LogP contribution in [0.4, 0.5) is 0 Å². The molecule has 2 heteroatoms. The summed E-state index contributed by atoms with van der Waals surface area (Å²) in [6.07, 6.45) is 4.44. The first-order valence-corrected chi connectivity index (χ1v) is 8.94. The molecule has 1 unspecified atom stereocenters. The highest BCUT2D eigenvalue weighted by atomic mass is 16.5. The molecule has 2 rings (SSSR count). The molecule has 1 aliphatic heterocycles. The molecule has 1 N–H and O–H groups in total. The van der Waals surface area contributed by atoms with Gasteiger partial charge in [-0.25, -0.2) is 0 Å². The molecule has 1 aromatic carbocycles.